The predicted octanol–water partition coefficient (Wildman–Crippen LogP) is 4.32. The molecule has 0 saturated heterocycles. The molecule has 0 aliphatic rings. The number of benzene rings is 2. The van der Waals surface area contributed by atoms with Crippen molar-refractivity contribution in [3.63, 3.8) is 0 Å². The molecule has 2 aromatic carbocycles. The Labute approximate surface area is 172 Å². The Morgan fingerprint density at radius 2 is 2.04 bits per heavy atom. The molecule has 0 radical (unpaired) electrons. The number of thioether (sulfide) groups is 1. The van der Waals surface area contributed by atoms with E-state index in [1.165, 1.54) is 35.6 Å². The van der Waals surface area contributed by atoms with Crippen LogP contribution in [0.5, 0.6) is 5.75 Å². The molecule has 0 aliphatic carbocycles. The van der Waals surface area contributed by atoms with Gasteiger partial charge in [0.05, 0.1) is 6.10 Å². The van der Waals surface area contributed by atoms with Gasteiger partial charge in [-0.3, -0.25) is 4.79 Å². The molecule has 6 nitrogen and oxygen atoms in total. The number of Topliss-reactive ketones (excluding diaryl/α,β-unsaturated/α-hetero) is 1. The number of ketones is 1. The standard InChI is InChI=1S/C20H21N3O3S2/c1-13-4-3-5-16(10-13)21-19-22-23-20(28-19)27-12-17(25)11-26-18-8-6-15(7-9-18)14(2)24/h3-10,17,25H,11-12H2,1-2H3,(H,21,22). The number of aliphatic hydroxyl groups excluding tert-OH is 1. The Balaban J connectivity index is 1.43. The number of hydrogen-bond acceptors (Lipinski definition) is 8. The van der Waals surface area contributed by atoms with Gasteiger partial charge in [-0.1, -0.05) is 35.2 Å². The summed E-state index contributed by atoms with van der Waals surface area (Å²) in [5.74, 6) is 1.08. The number of nitrogens with zero attached hydrogens (tertiary/aromatic N) is 2. The Bertz CT molecular complexity index is 928. The maximum absolute atomic E-state index is 11.3. The second-order valence-corrected chi connectivity index (χ2v) is 8.47. The number of carbonyl (C=O) groups is 1. The molecule has 0 saturated carbocycles. The minimum Gasteiger partial charge on any atom is -0.491 e. The SMILES string of the molecule is CC(=O)c1ccc(OCC(O)CSc2nnc(Nc3cccc(C)c3)s2)cc1. The molecule has 1 atom stereocenters. The Morgan fingerprint density at radius 1 is 1.25 bits per heavy atom. The molecule has 3 aromatic rings. The van der Waals surface area contributed by atoms with Crippen molar-refractivity contribution in [1.82, 2.24) is 10.2 Å². The summed E-state index contributed by atoms with van der Waals surface area (Å²) in [4.78, 5) is 11.3. The number of anilines is 2. The van der Waals surface area contributed by atoms with Crippen molar-refractivity contribution in [2.24, 2.45) is 0 Å². The first kappa shape index (κ1) is 20.3. The van der Waals surface area contributed by atoms with Crippen molar-refractivity contribution in [1.29, 1.82) is 0 Å². The van der Waals surface area contributed by atoms with E-state index in [-0.39, 0.29) is 12.4 Å². The van der Waals surface area contributed by atoms with Crippen LogP contribution in [-0.2, 0) is 0 Å². The molecule has 1 heterocycles. The van der Waals surface area contributed by atoms with E-state index < -0.39 is 6.10 Å². The molecule has 0 spiro atoms. The zero-order valence-electron chi connectivity index (χ0n) is 15.6. The van der Waals surface area contributed by atoms with Crippen LogP contribution >= 0.6 is 23.1 Å². The average molecular weight is 416 g/mol. The van der Waals surface area contributed by atoms with Gasteiger partial charge in [0, 0.05) is 17.0 Å². The predicted molar refractivity (Wildman–Crippen MR) is 113 cm³/mol. The molecular formula is C20H21N3O3S2. The fourth-order valence-electron chi connectivity index (χ4n) is 2.36. The molecule has 1 unspecified atom stereocenters. The minimum absolute atomic E-state index is 0.0105. The van der Waals surface area contributed by atoms with E-state index in [2.05, 4.69) is 15.5 Å². The van der Waals surface area contributed by atoms with Gasteiger partial charge in [0.1, 0.15) is 12.4 Å². The molecule has 146 valence electrons. The second-order valence-electron chi connectivity index (χ2n) is 6.22. The van der Waals surface area contributed by atoms with E-state index in [4.69, 9.17) is 4.74 Å². The number of rotatable bonds is 9. The third-order valence-corrected chi connectivity index (χ3v) is 5.90. The molecule has 0 amide bonds. The number of carbonyl (C=O) groups excluding carboxylic acids is 1. The summed E-state index contributed by atoms with van der Waals surface area (Å²) in [6.07, 6.45) is -0.644. The largest absolute Gasteiger partial charge is 0.491 e. The number of hydrogen-bond donors (Lipinski definition) is 2. The number of nitrogens with one attached hydrogen (secondary N) is 1. The molecule has 3 rings (SSSR count). The Kier molecular flexibility index (Phi) is 7.02. The van der Waals surface area contributed by atoms with Gasteiger partial charge in [-0.2, -0.15) is 0 Å². The van der Waals surface area contributed by atoms with Gasteiger partial charge in [0.25, 0.3) is 0 Å². The minimum atomic E-state index is -0.644. The van der Waals surface area contributed by atoms with Crippen LogP contribution in [0.4, 0.5) is 10.8 Å². The van der Waals surface area contributed by atoms with Gasteiger partial charge in [-0.05, 0) is 55.8 Å². The lowest BCUT2D eigenvalue weighted by Crippen LogP contribution is -2.20. The van der Waals surface area contributed by atoms with Crippen LogP contribution in [0.15, 0.2) is 52.9 Å². The van der Waals surface area contributed by atoms with E-state index >= 15 is 0 Å². The van der Waals surface area contributed by atoms with Gasteiger partial charge in [-0.25, -0.2) is 0 Å². The van der Waals surface area contributed by atoms with Gasteiger partial charge < -0.3 is 15.2 Å². The highest BCUT2D eigenvalue weighted by molar-refractivity contribution is 8.01. The summed E-state index contributed by atoms with van der Waals surface area (Å²) in [6.45, 7) is 3.72. The van der Waals surface area contributed by atoms with Gasteiger partial charge in [0.2, 0.25) is 5.13 Å². The average Bonchev–Trinajstić information content (AvgIpc) is 3.12. The first-order chi connectivity index (χ1) is 13.5. The lowest BCUT2D eigenvalue weighted by Gasteiger charge is -2.11. The van der Waals surface area contributed by atoms with E-state index in [0.717, 1.165) is 10.0 Å². The Hall–Kier alpha value is -2.42. The van der Waals surface area contributed by atoms with E-state index in [0.29, 0.717) is 22.2 Å². The maximum Gasteiger partial charge on any atom is 0.210 e. The Morgan fingerprint density at radius 3 is 2.75 bits per heavy atom. The van der Waals surface area contributed by atoms with Crippen LogP contribution in [0.1, 0.15) is 22.8 Å². The molecule has 8 heteroatoms. The molecule has 0 aliphatic heterocycles. The molecular weight excluding hydrogens is 394 g/mol. The second kappa shape index (κ2) is 9.68. The zero-order chi connectivity index (χ0) is 19.9. The third kappa shape index (κ3) is 6.05. The smallest absolute Gasteiger partial charge is 0.210 e. The molecule has 28 heavy (non-hydrogen) atoms. The van der Waals surface area contributed by atoms with Crippen LogP contribution in [0.2, 0.25) is 0 Å². The zero-order valence-corrected chi connectivity index (χ0v) is 17.2. The topological polar surface area (TPSA) is 84.3 Å². The normalized spacial score (nSPS) is 11.8. The highest BCUT2D eigenvalue weighted by atomic mass is 32.2. The summed E-state index contributed by atoms with van der Waals surface area (Å²) < 4.78 is 6.34. The van der Waals surface area contributed by atoms with Gasteiger partial charge in [-0.15, -0.1) is 10.2 Å². The maximum atomic E-state index is 11.3. The van der Waals surface area contributed by atoms with Crippen LogP contribution in [0, 0.1) is 6.92 Å². The third-order valence-electron chi connectivity index (χ3n) is 3.78. The first-order valence-corrected chi connectivity index (χ1v) is 10.5. The highest BCUT2D eigenvalue weighted by Crippen LogP contribution is 2.28. The van der Waals surface area contributed by atoms with E-state index in [1.54, 1.807) is 24.3 Å². The van der Waals surface area contributed by atoms with Crippen LogP contribution < -0.4 is 10.1 Å². The lowest BCUT2D eigenvalue weighted by atomic mass is 10.1. The van der Waals surface area contributed by atoms with Crippen molar-refractivity contribution >= 4 is 39.7 Å². The quantitative estimate of drug-likeness (QED) is 0.398. The molecule has 0 bridgehead atoms. The summed E-state index contributed by atoms with van der Waals surface area (Å²) in [5, 5.41) is 22.3. The number of ether oxygens (including phenoxy) is 1. The first-order valence-electron chi connectivity index (χ1n) is 8.71. The van der Waals surface area contributed by atoms with Crippen molar-refractivity contribution in [2.45, 2.75) is 24.3 Å². The van der Waals surface area contributed by atoms with E-state index in [9.17, 15) is 9.90 Å². The highest BCUT2D eigenvalue weighted by Gasteiger charge is 2.11. The number of aromatic nitrogens is 2. The summed E-state index contributed by atoms with van der Waals surface area (Å²) >= 11 is 2.87. The van der Waals surface area contributed by atoms with Gasteiger partial charge in [0.15, 0.2) is 10.1 Å². The van der Waals surface area contributed by atoms with Crippen LogP contribution in [0.3, 0.4) is 0 Å². The van der Waals surface area contributed by atoms with Crippen LogP contribution in [0.25, 0.3) is 0 Å². The molecule has 1 aromatic heterocycles. The summed E-state index contributed by atoms with van der Waals surface area (Å²) in [7, 11) is 0. The number of aryl methyl sites for hydroxylation is 1. The van der Waals surface area contributed by atoms with Crippen LogP contribution in [-0.4, -0.2) is 39.6 Å². The fourth-order valence-corrected chi connectivity index (χ4v) is 4.06. The summed E-state index contributed by atoms with van der Waals surface area (Å²) in [5.41, 5.74) is 2.77. The molecule has 2 N–H and O–H groups in total. The fraction of sp³-hybridized carbons (Fsp3) is 0.250. The van der Waals surface area contributed by atoms with Crippen molar-refractivity contribution in [2.75, 3.05) is 17.7 Å². The molecule has 0 fully saturated rings. The summed E-state index contributed by atoms with van der Waals surface area (Å²) in [6, 6.07) is 14.9. The van der Waals surface area contributed by atoms with Crippen molar-refractivity contribution in [3.05, 3.63) is 59.7 Å². The lowest BCUT2D eigenvalue weighted by molar-refractivity contribution is 0.101. The van der Waals surface area contributed by atoms with Gasteiger partial charge >= 0.3 is 0 Å². The van der Waals surface area contributed by atoms with Crippen molar-refractivity contribution < 1.29 is 14.6 Å². The monoisotopic (exact) mass is 415 g/mol. The van der Waals surface area contributed by atoms with E-state index in [1.807, 2.05) is 31.2 Å². The van der Waals surface area contributed by atoms with Crippen molar-refractivity contribution in [3.8, 4) is 5.75 Å². The number of aliphatic hydroxyl groups is 1.